The lowest BCUT2D eigenvalue weighted by Gasteiger charge is -2.38. The molecule has 1 amide bonds. The SMILES string of the molecule is C[C@@H]1C[C@@H](O)c2ncnc(N3CCN(C(=O)[C@H](CNCC4CC4)c4ccc(C(F)(F)F)c(F)c4)CC3)c21.O=C(O)C(F)(F)F.O=C(O)C(F)(F)F. The lowest BCUT2D eigenvalue weighted by Crippen LogP contribution is -2.51. The number of aromatic nitrogens is 2. The van der Waals surface area contributed by atoms with Crippen LogP contribution in [-0.4, -0.2) is 99.7 Å². The molecular formula is C30H33F10N5O6. The van der Waals surface area contributed by atoms with Crippen molar-refractivity contribution >= 4 is 23.7 Å². The minimum atomic E-state index is -5.08. The van der Waals surface area contributed by atoms with Crippen molar-refractivity contribution in [3.05, 3.63) is 52.7 Å². The van der Waals surface area contributed by atoms with Crippen molar-refractivity contribution in [1.82, 2.24) is 20.2 Å². The molecule has 1 saturated heterocycles. The van der Waals surface area contributed by atoms with E-state index in [4.69, 9.17) is 19.8 Å². The summed E-state index contributed by atoms with van der Waals surface area (Å²) in [7, 11) is 0. The Balaban J connectivity index is 0.000000424. The summed E-state index contributed by atoms with van der Waals surface area (Å²) in [6.45, 7) is 4.82. The van der Waals surface area contributed by atoms with E-state index in [1.54, 1.807) is 4.90 Å². The monoisotopic (exact) mass is 749 g/mol. The minimum Gasteiger partial charge on any atom is -0.475 e. The fourth-order valence-corrected chi connectivity index (χ4v) is 5.39. The predicted octanol–water partition coefficient (Wildman–Crippen LogP) is 4.87. The van der Waals surface area contributed by atoms with E-state index < -0.39 is 53.9 Å². The van der Waals surface area contributed by atoms with E-state index in [-0.39, 0.29) is 23.9 Å². The maximum atomic E-state index is 14.4. The van der Waals surface area contributed by atoms with Crippen molar-refractivity contribution in [3.63, 3.8) is 0 Å². The summed E-state index contributed by atoms with van der Waals surface area (Å²) in [5.41, 5.74) is 0.496. The minimum absolute atomic E-state index is 0.123. The summed E-state index contributed by atoms with van der Waals surface area (Å²) >= 11 is 0. The van der Waals surface area contributed by atoms with Crippen LogP contribution in [0.3, 0.4) is 0 Å². The number of aliphatic hydroxyl groups excluding tert-OH is 1. The topological polar surface area (TPSA) is 156 Å². The van der Waals surface area contributed by atoms with Gasteiger partial charge in [-0.15, -0.1) is 0 Å². The Morgan fingerprint density at radius 2 is 1.47 bits per heavy atom. The fourth-order valence-electron chi connectivity index (χ4n) is 5.39. The largest absolute Gasteiger partial charge is 0.490 e. The third-order valence-electron chi connectivity index (χ3n) is 8.13. The van der Waals surface area contributed by atoms with Crippen LogP contribution in [0.1, 0.15) is 66.5 Å². The third kappa shape index (κ3) is 11.4. The summed E-state index contributed by atoms with van der Waals surface area (Å²) in [4.78, 5) is 43.9. The molecule has 51 heavy (non-hydrogen) atoms. The molecule has 0 spiro atoms. The van der Waals surface area contributed by atoms with E-state index in [2.05, 4.69) is 20.2 Å². The average Bonchev–Trinajstić information content (AvgIpc) is 3.81. The molecule has 3 aliphatic rings. The molecule has 21 heteroatoms. The number of benzene rings is 1. The number of alkyl halides is 9. The first-order valence-electron chi connectivity index (χ1n) is 15.3. The summed E-state index contributed by atoms with van der Waals surface area (Å²) in [6.07, 6.45) is -11.3. The molecule has 3 atom stereocenters. The summed E-state index contributed by atoms with van der Waals surface area (Å²) < 4.78 is 117. The number of nitrogens with one attached hydrogen (secondary N) is 1. The van der Waals surface area contributed by atoms with E-state index in [0.717, 1.165) is 42.9 Å². The standard InChI is InChI=1S/C26H31F4N5O2.2C2HF3O2/c1-15-10-21(36)23-22(15)24(33-14-32-23)34-6-8-35(9-7-34)25(37)18(13-31-12-16-2-3-16)17-4-5-19(20(27)11-17)26(28,29)30;2*3-2(4,5)1(6)7/h4-5,11,14-16,18,21,31,36H,2-3,6-10,12-13H2,1H3;2*(H,6,7)/t15-,18-,21-;;/m1../s1. The number of fused-ring (bicyclic) bond motifs is 1. The molecule has 2 heterocycles. The Kier molecular flexibility index (Phi) is 13.2. The number of aliphatic hydroxyl groups is 1. The number of carboxylic acids is 2. The molecule has 2 fully saturated rings. The molecular weight excluding hydrogens is 716 g/mol. The van der Waals surface area contributed by atoms with Gasteiger partial charge in [0.15, 0.2) is 0 Å². The number of halogens is 10. The van der Waals surface area contributed by atoms with Crippen LogP contribution in [0, 0.1) is 11.7 Å². The zero-order valence-electron chi connectivity index (χ0n) is 26.6. The maximum absolute atomic E-state index is 14.4. The zero-order chi connectivity index (χ0) is 38.5. The van der Waals surface area contributed by atoms with Crippen LogP contribution in [0.4, 0.5) is 49.7 Å². The number of hydrogen-bond donors (Lipinski definition) is 4. The van der Waals surface area contributed by atoms with E-state index in [1.807, 2.05) is 6.92 Å². The van der Waals surface area contributed by atoms with Crippen molar-refractivity contribution in [3.8, 4) is 0 Å². The van der Waals surface area contributed by atoms with Gasteiger partial charge in [0.1, 0.15) is 18.0 Å². The molecule has 0 unspecified atom stereocenters. The molecule has 11 nitrogen and oxygen atoms in total. The van der Waals surface area contributed by atoms with E-state index in [1.165, 1.54) is 12.4 Å². The predicted molar refractivity (Wildman–Crippen MR) is 156 cm³/mol. The second kappa shape index (κ2) is 16.4. The fraction of sp³-hybridized carbons (Fsp3) is 0.567. The quantitative estimate of drug-likeness (QED) is 0.288. The number of carbonyl (C=O) groups excluding carboxylic acids is 1. The van der Waals surface area contributed by atoms with E-state index in [9.17, 15) is 53.8 Å². The molecule has 0 radical (unpaired) electrons. The number of piperazine rings is 1. The van der Waals surface area contributed by atoms with E-state index >= 15 is 0 Å². The van der Waals surface area contributed by atoms with Gasteiger partial charge in [-0.3, -0.25) is 4.79 Å². The highest BCUT2D eigenvalue weighted by atomic mass is 19.4. The van der Waals surface area contributed by atoms with Crippen LogP contribution in [-0.2, 0) is 20.6 Å². The number of rotatable bonds is 7. The Morgan fingerprint density at radius 1 is 0.922 bits per heavy atom. The second-order valence-corrected chi connectivity index (χ2v) is 12.0. The highest BCUT2D eigenvalue weighted by molar-refractivity contribution is 5.84. The van der Waals surface area contributed by atoms with Crippen LogP contribution in [0.15, 0.2) is 24.5 Å². The Morgan fingerprint density at radius 3 is 1.94 bits per heavy atom. The van der Waals surface area contributed by atoms with Crippen LogP contribution in [0.5, 0.6) is 0 Å². The van der Waals surface area contributed by atoms with Gasteiger partial charge in [-0.05, 0) is 55.3 Å². The second-order valence-electron chi connectivity index (χ2n) is 12.0. The summed E-state index contributed by atoms with van der Waals surface area (Å²) in [5, 5.41) is 27.8. The van der Waals surface area contributed by atoms with Crippen LogP contribution in [0.2, 0.25) is 0 Å². The van der Waals surface area contributed by atoms with Gasteiger partial charge in [0.2, 0.25) is 5.91 Å². The highest BCUT2D eigenvalue weighted by Gasteiger charge is 2.40. The molecule has 1 aliphatic heterocycles. The number of amides is 1. The summed E-state index contributed by atoms with van der Waals surface area (Å²) in [5.74, 6) is -6.46. The van der Waals surface area contributed by atoms with Crippen LogP contribution >= 0.6 is 0 Å². The number of carboxylic acid groups (broad SMARTS) is 2. The maximum Gasteiger partial charge on any atom is 0.490 e. The smallest absolute Gasteiger partial charge is 0.475 e. The Hall–Kier alpha value is -4.27. The summed E-state index contributed by atoms with van der Waals surface area (Å²) in [6, 6.07) is 2.77. The number of nitrogens with zero attached hydrogens (tertiary/aromatic N) is 4. The third-order valence-corrected chi connectivity index (χ3v) is 8.13. The molecule has 4 N–H and O–H groups in total. The van der Waals surface area contributed by atoms with Gasteiger partial charge in [0.25, 0.3) is 0 Å². The molecule has 284 valence electrons. The van der Waals surface area contributed by atoms with Crippen molar-refractivity contribution in [1.29, 1.82) is 0 Å². The van der Waals surface area contributed by atoms with Crippen molar-refractivity contribution in [2.45, 2.75) is 62.7 Å². The molecule has 0 bridgehead atoms. The van der Waals surface area contributed by atoms with E-state index in [0.29, 0.717) is 44.2 Å². The lowest BCUT2D eigenvalue weighted by molar-refractivity contribution is -0.193. The van der Waals surface area contributed by atoms with Gasteiger partial charge in [-0.1, -0.05) is 13.0 Å². The number of carbonyl (C=O) groups is 3. The van der Waals surface area contributed by atoms with Gasteiger partial charge in [0.05, 0.1) is 23.3 Å². The van der Waals surface area contributed by atoms with Crippen molar-refractivity contribution < 1.29 is 73.6 Å². The van der Waals surface area contributed by atoms with Crippen LogP contribution < -0.4 is 10.2 Å². The molecule has 1 aromatic carbocycles. The van der Waals surface area contributed by atoms with Gasteiger partial charge in [-0.2, -0.15) is 39.5 Å². The zero-order valence-corrected chi connectivity index (χ0v) is 26.6. The van der Waals surface area contributed by atoms with Gasteiger partial charge in [0, 0.05) is 38.3 Å². The Bertz CT molecular complexity index is 1520. The first-order chi connectivity index (χ1) is 23.5. The average molecular weight is 750 g/mol. The first kappa shape index (κ1) is 41.2. The van der Waals surface area contributed by atoms with Gasteiger partial charge >= 0.3 is 30.5 Å². The first-order valence-corrected chi connectivity index (χ1v) is 15.3. The van der Waals surface area contributed by atoms with Crippen LogP contribution in [0.25, 0.3) is 0 Å². The Labute approximate surface area is 283 Å². The van der Waals surface area contributed by atoms with Gasteiger partial charge in [-0.25, -0.2) is 23.9 Å². The van der Waals surface area contributed by atoms with Gasteiger partial charge < -0.3 is 30.4 Å². The molecule has 2 aromatic rings. The normalized spacial score (nSPS) is 19.6. The van der Waals surface area contributed by atoms with Crippen molar-refractivity contribution in [2.24, 2.45) is 5.92 Å². The number of aliphatic carboxylic acids is 2. The molecule has 5 rings (SSSR count). The molecule has 1 aromatic heterocycles. The van der Waals surface area contributed by atoms with Crippen molar-refractivity contribution in [2.75, 3.05) is 44.2 Å². The lowest BCUT2D eigenvalue weighted by atomic mass is 9.95. The highest BCUT2D eigenvalue weighted by Crippen LogP contribution is 2.43. The molecule has 1 saturated carbocycles. The number of hydrogen-bond acceptors (Lipinski definition) is 8. The number of anilines is 1. The molecule has 2 aliphatic carbocycles.